The van der Waals surface area contributed by atoms with E-state index in [0.717, 1.165) is 42.0 Å². The van der Waals surface area contributed by atoms with Crippen molar-refractivity contribution in [3.63, 3.8) is 0 Å². The van der Waals surface area contributed by atoms with Crippen LogP contribution in [-0.4, -0.2) is 35.1 Å². The molecule has 2 aromatic carbocycles. The number of carbonyl (C=O) groups is 1. The number of amides is 1. The van der Waals surface area contributed by atoms with E-state index in [9.17, 15) is 4.79 Å². The molecule has 1 aliphatic heterocycles. The van der Waals surface area contributed by atoms with E-state index >= 15 is 0 Å². The lowest BCUT2D eigenvalue weighted by Crippen LogP contribution is -2.36. The number of para-hydroxylation sites is 1. The molecule has 1 N–H and O–H groups in total. The zero-order chi connectivity index (χ0) is 21.9. The van der Waals surface area contributed by atoms with Crippen molar-refractivity contribution in [1.82, 2.24) is 9.88 Å². The molecule has 158 valence electrons. The smallest absolute Gasteiger partial charge is 0.276 e. The number of anilines is 2. The van der Waals surface area contributed by atoms with Gasteiger partial charge in [0.1, 0.15) is 0 Å². The third kappa shape index (κ3) is 3.97. The number of likely N-dealkylation sites (tertiary alicyclic amines) is 1. The summed E-state index contributed by atoms with van der Waals surface area (Å²) in [6.45, 7) is 1.63. The lowest BCUT2D eigenvalue weighted by molar-refractivity contribution is 0.100. The molecule has 6 heteroatoms. The van der Waals surface area contributed by atoms with Gasteiger partial charge in [-0.15, -0.1) is 0 Å². The molecule has 1 saturated heterocycles. The van der Waals surface area contributed by atoms with Crippen molar-refractivity contribution in [3.8, 4) is 17.3 Å². The van der Waals surface area contributed by atoms with Gasteiger partial charge >= 0.3 is 0 Å². The molecular formula is C26H23N5O. The van der Waals surface area contributed by atoms with E-state index in [2.05, 4.69) is 21.5 Å². The molecule has 0 bridgehead atoms. The predicted octanol–water partition coefficient (Wildman–Crippen LogP) is 4.75. The maximum atomic E-state index is 12.6. The van der Waals surface area contributed by atoms with Crippen molar-refractivity contribution in [1.29, 1.82) is 5.26 Å². The van der Waals surface area contributed by atoms with Crippen LogP contribution in [0.2, 0.25) is 0 Å². The first kappa shape index (κ1) is 20.0. The number of nitrogens with one attached hydrogen (secondary N) is 1. The number of carbonyl (C=O) groups excluding carboxylic acids is 1. The molecule has 2 aliphatic rings. The van der Waals surface area contributed by atoms with Crippen LogP contribution in [-0.2, 0) is 0 Å². The van der Waals surface area contributed by atoms with E-state index < -0.39 is 0 Å². The summed E-state index contributed by atoms with van der Waals surface area (Å²) < 4.78 is 0. The number of pyridine rings is 1. The lowest BCUT2D eigenvalue weighted by atomic mass is 9.67. The topological polar surface area (TPSA) is 81.4 Å². The number of aromatic nitrogens is 1. The van der Waals surface area contributed by atoms with Gasteiger partial charge in [0.15, 0.2) is 6.19 Å². The van der Waals surface area contributed by atoms with Gasteiger partial charge in [-0.1, -0.05) is 30.3 Å². The number of benzene rings is 2. The third-order valence-corrected chi connectivity index (χ3v) is 6.46. The number of fused-ring (bicyclic) bond motifs is 1. The summed E-state index contributed by atoms with van der Waals surface area (Å²) in [4.78, 5) is 22.8. The number of rotatable bonds is 5. The minimum Gasteiger partial charge on any atom is -0.354 e. The highest BCUT2D eigenvalue weighted by Gasteiger charge is 2.46. The quantitative estimate of drug-likeness (QED) is 0.475. The molecule has 5 rings (SSSR count). The van der Waals surface area contributed by atoms with Crippen LogP contribution in [0.25, 0.3) is 11.1 Å². The first-order chi connectivity index (χ1) is 15.7. The standard InChI is InChI=1S/C26H23N5O/c27-17-31-15-21-12-20(24(21)16-31)13-29-26(32)19-8-6-18(7-9-19)23-10-11-28-14-25(23)30-22-4-2-1-3-5-22/h1-11,13-14,20-21,24,30H,12,15-16H2/b29-13-. The molecular weight excluding hydrogens is 398 g/mol. The highest BCUT2D eigenvalue weighted by Crippen LogP contribution is 2.44. The van der Waals surface area contributed by atoms with E-state index in [4.69, 9.17) is 5.26 Å². The molecule has 0 radical (unpaired) electrons. The Morgan fingerprint density at radius 3 is 2.72 bits per heavy atom. The Bertz CT molecular complexity index is 1180. The number of aliphatic imine (C=N–C) groups is 1. The maximum Gasteiger partial charge on any atom is 0.276 e. The Kier molecular flexibility index (Phi) is 5.39. The second kappa shape index (κ2) is 8.64. The summed E-state index contributed by atoms with van der Waals surface area (Å²) in [5, 5.41) is 12.5. The fraction of sp³-hybridized carbons (Fsp3) is 0.231. The predicted molar refractivity (Wildman–Crippen MR) is 124 cm³/mol. The van der Waals surface area contributed by atoms with Crippen LogP contribution in [0.5, 0.6) is 0 Å². The van der Waals surface area contributed by atoms with Crippen LogP contribution in [0.15, 0.2) is 78.0 Å². The average molecular weight is 422 g/mol. The van der Waals surface area contributed by atoms with Crippen LogP contribution < -0.4 is 5.32 Å². The number of hydrogen-bond acceptors (Lipinski definition) is 5. The average Bonchev–Trinajstić information content (AvgIpc) is 3.16. The third-order valence-electron chi connectivity index (χ3n) is 6.46. The monoisotopic (exact) mass is 421 g/mol. The fourth-order valence-electron chi connectivity index (χ4n) is 4.67. The van der Waals surface area contributed by atoms with E-state index in [1.54, 1.807) is 18.6 Å². The Labute approximate surface area is 187 Å². The summed E-state index contributed by atoms with van der Waals surface area (Å²) in [7, 11) is 0. The number of hydrogen-bond donors (Lipinski definition) is 1. The largest absolute Gasteiger partial charge is 0.354 e. The van der Waals surface area contributed by atoms with Crippen LogP contribution in [0.4, 0.5) is 11.4 Å². The zero-order valence-corrected chi connectivity index (χ0v) is 17.6. The molecule has 1 aromatic heterocycles. The highest BCUT2D eigenvalue weighted by atomic mass is 16.1. The molecule has 2 fully saturated rings. The van der Waals surface area contributed by atoms with Gasteiger partial charge in [-0.05, 0) is 60.1 Å². The molecule has 1 aliphatic carbocycles. The van der Waals surface area contributed by atoms with Crippen molar-refractivity contribution in [2.45, 2.75) is 6.42 Å². The summed E-state index contributed by atoms with van der Waals surface area (Å²) in [6.07, 6.45) is 8.59. The first-order valence-electron chi connectivity index (χ1n) is 10.8. The van der Waals surface area contributed by atoms with Gasteiger partial charge in [-0.25, -0.2) is 4.99 Å². The number of nitrogens with zero attached hydrogens (tertiary/aromatic N) is 4. The zero-order valence-electron chi connectivity index (χ0n) is 17.6. The molecule has 1 amide bonds. The van der Waals surface area contributed by atoms with E-state index in [-0.39, 0.29) is 5.91 Å². The maximum absolute atomic E-state index is 12.6. The van der Waals surface area contributed by atoms with Crippen molar-refractivity contribution in [2.75, 3.05) is 18.4 Å². The van der Waals surface area contributed by atoms with Gasteiger partial charge in [0.25, 0.3) is 5.91 Å². The van der Waals surface area contributed by atoms with Gasteiger partial charge in [-0.2, -0.15) is 5.26 Å². The van der Waals surface area contributed by atoms with Gasteiger partial charge in [0.05, 0.1) is 11.9 Å². The van der Waals surface area contributed by atoms with Crippen molar-refractivity contribution < 1.29 is 4.79 Å². The molecule has 3 atom stereocenters. The molecule has 32 heavy (non-hydrogen) atoms. The molecule has 3 aromatic rings. The van der Waals surface area contributed by atoms with Crippen LogP contribution >= 0.6 is 0 Å². The normalized spacial score (nSPS) is 21.6. The van der Waals surface area contributed by atoms with Crippen LogP contribution in [0.1, 0.15) is 16.8 Å². The summed E-state index contributed by atoms with van der Waals surface area (Å²) in [6, 6.07) is 19.4. The van der Waals surface area contributed by atoms with E-state index in [1.807, 2.05) is 65.6 Å². The van der Waals surface area contributed by atoms with E-state index in [0.29, 0.717) is 23.3 Å². The van der Waals surface area contributed by atoms with Crippen LogP contribution in [0.3, 0.4) is 0 Å². The van der Waals surface area contributed by atoms with E-state index in [1.165, 1.54) is 0 Å². The fourth-order valence-corrected chi connectivity index (χ4v) is 4.67. The second-order valence-corrected chi connectivity index (χ2v) is 8.40. The van der Waals surface area contributed by atoms with Crippen LogP contribution in [0, 0.1) is 29.2 Å². The SMILES string of the molecule is N#CN1CC2CC(/C=N\C(=O)c3ccc(-c4ccncc4Nc4ccccc4)cc3)C2C1. The second-order valence-electron chi connectivity index (χ2n) is 8.40. The van der Waals surface area contributed by atoms with Gasteiger partial charge < -0.3 is 10.2 Å². The molecule has 3 unspecified atom stereocenters. The minimum absolute atomic E-state index is 0.229. The highest BCUT2D eigenvalue weighted by molar-refractivity contribution is 5.99. The summed E-state index contributed by atoms with van der Waals surface area (Å²) in [5.41, 5.74) is 4.46. The summed E-state index contributed by atoms with van der Waals surface area (Å²) in [5.74, 6) is 1.09. The van der Waals surface area contributed by atoms with Crippen molar-refractivity contribution in [3.05, 3.63) is 78.6 Å². The Morgan fingerprint density at radius 1 is 1.12 bits per heavy atom. The molecule has 6 nitrogen and oxygen atoms in total. The molecule has 0 spiro atoms. The Morgan fingerprint density at radius 2 is 1.94 bits per heavy atom. The Hall–Kier alpha value is -3.98. The van der Waals surface area contributed by atoms with Gasteiger partial charge in [0.2, 0.25) is 0 Å². The molecule has 2 heterocycles. The van der Waals surface area contributed by atoms with Crippen molar-refractivity contribution in [2.24, 2.45) is 22.7 Å². The molecule has 1 saturated carbocycles. The lowest BCUT2D eigenvalue weighted by Gasteiger charge is -2.36. The van der Waals surface area contributed by atoms with Gasteiger partial charge in [0, 0.05) is 42.3 Å². The van der Waals surface area contributed by atoms with Crippen molar-refractivity contribution >= 4 is 23.5 Å². The Balaban J connectivity index is 1.27. The van der Waals surface area contributed by atoms with Gasteiger partial charge in [-0.3, -0.25) is 9.78 Å². The summed E-state index contributed by atoms with van der Waals surface area (Å²) >= 11 is 0. The number of nitriles is 1. The minimum atomic E-state index is -0.229. The first-order valence-corrected chi connectivity index (χ1v) is 10.8.